The molecule has 0 fully saturated rings. The Bertz CT molecular complexity index is 340. The van der Waals surface area contributed by atoms with E-state index in [-0.39, 0.29) is 0 Å². The number of alkyl halides is 3. The van der Waals surface area contributed by atoms with Crippen LogP contribution in [0.1, 0.15) is 17.0 Å². The van der Waals surface area contributed by atoms with Crippen molar-refractivity contribution >= 4 is 0 Å². The first-order valence-corrected chi connectivity index (χ1v) is 4.43. The van der Waals surface area contributed by atoms with Crippen molar-refractivity contribution in [2.45, 2.75) is 19.1 Å². The highest BCUT2D eigenvalue weighted by Crippen LogP contribution is 2.31. The predicted molar refractivity (Wildman–Crippen MR) is 45.8 cm³/mol. The van der Waals surface area contributed by atoms with Crippen LogP contribution >= 0.6 is 0 Å². The molecule has 0 amide bonds. The van der Waals surface area contributed by atoms with Crippen LogP contribution < -0.4 is 0 Å². The Morgan fingerprint density at radius 2 is 2.14 bits per heavy atom. The Morgan fingerprint density at radius 1 is 1.43 bits per heavy atom. The number of hydrogen-bond donors (Lipinski definition) is 1. The lowest BCUT2D eigenvalue weighted by Crippen LogP contribution is -2.25. The molecule has 2 heterocycles. The molecule has 0 unspecified atom stereocenters. The summed E-state index contributed by atoms with van der Waals surface area (Å²) in [6.45, 7) is 1.41. The maximum Gasteiger partial charge on any atom is 0.431 e. The van der Waals surface area contributed by atoms with Gasteiger partial charge in [-0.25, -0.2) is 0 Å². The Kier molecular flexibility index (Phi) is 2.06. The van der Waals surface area contributed by atoms with E-state index < -0.39 is 11.9 Å². The first-order chi connectivity index (χ1) is 6.47. The lowest BCUT2D eigenvalue weighted by atomic mass is 10.1. The van der Waals surface area contributed by atoms with E-state index in [1.165, 1.54) is 6.07 Å². The molecule has 0 aromatic carbocycles. The molecule has 2 rings (SSSR count). The zero-order chi connectivity index (χ0) is 10.3. The monoisotopic (exact) mass is 204 g/mol. The number of rotatable bonds is 0. The van der Waals surface area contributed by atoms with E-state index in [1.807, 2.05) is 11.9 Å². The zero-order valence-electron chi connectivity index (χ0n) is 7.78. The SMILES string of the molecule is CN1CCc2[nH]c(C(F)(F)F)cc2C1. The van der Waals surface area contributed by atoms with Gasteiger partial charge in [0.1, 0.15) is 5.69 Å². The molecule has 0 saturated heterocycles. The molecule has 1 aromatic rings. The van der Waals surface area contributed by atoms with Gasteiger partial charge in [0.2, 0.25) is 0 Å². The maximum absolute atomic E-state index is 12.3. The van der Waals surface area contributed by atoms with Crippen LogP contribution in [0.25, 0.3) is 0 Å². The number of likely N-dealkylation sites (N-methyl/N-ethyl adjacent to an activating group) is 1. The van der Waals surface area contributed by atoms with Crippen molar-refractivity contribution in [1.29, 1.82) is 0 Å². The molecule has 0 radical (unpaired) electrons. The van der Waals surface area contributed by atoms with Gasteiger partial charge in [-0.1, -0.05) is 0 Å². The highest BCUT2D eigenvalue weighted by atomic mass is 19.4. The Hall–Kier alpha value is -0.970. The molecular weight excluding hydrogens is 193 g/mol. The third-order valence-electron chi connectivity index (χ3n) is 2.48. The summed E-state index contributed by atoms with van der Waals surface area (Å²) in [5, 5.41) is 0. The maximum atomic E-state index is 12.3. The molecule has 0 atom stereocenters. The molecule has 5 heteroatoms. The van der Waals surface area contributed by atoms with Crippen LogP contribution in [0.3, 0.4) is 0 Å². The lowest BCUT2D eigenvalue weighted by Gasteiger charge is -2.21. The van der Waals surface area contributed by atoms with Crippen molar-refractivity contribution in [3.8, 4) is 0 Å². The highest BCUT2D eigenvalue weighted by Gasteiger charge is 2.34. The van der Waals surface area contributed by atoms with Crippen molar-refractivity contribution in [1.82, 2.24) is 9.88 Å². The molecule has 0 bridgehead atoms. The van der Waals surface area contributed by atoms with Gasteiger partial charge in [0, 0.05) is 25.2 Å². The third kappa shape index (κ3) is 1.64. The molecule has 0 saturated carbocycles. The van der Waals surface area contributed by atoms with Gasteiger partial charge in [-0.15, -0.1) is 0 Å². The summed E-state index contributed by atoms with van der Waals surface area (Å²) in [5.74, 6) is 0. The summed E-state index contributed by atoms with van der Waals surface area (Å²) in [7, 11) is 1.91. The van der Waals surface area contributed by atoms with Gasteiger partial charge in [0.15, 0.2) is 0 Å². The fourth-order valence-corrected chi connectivity index (χ4v) is 1.73. The second-order valence-electron chi connectivity index (χ2n) is 3.67. The molecule has 1 aliphatic rings. The number of aromatic amines is 1. The van der Waals surface area contributed by atoms with Crippen molar-refractivity contribution in [2.75, 3.05) is 13.6 Å². The second-order valence-corrected chi connectivity index (χ2v) is 3.67. The Morgan fingerprint density at radius 3 is 2.79 bits per heavy atom. The molecule has 1 aromatic heterocycles. The predicted octanol–water partition coefficient (Wildman–Crippen LogP) is 2.02. The van der Waals surface area contributed by atoms with Crippen LogP contribution in [0.15, 0.2) is 6.07 Å². The second kappa shape index (κ2) is 3.02. The number of halogens is 3. The quantitative estimate of drug-likeness (QED) is 0.685. The summed E-state index contributed by atoms with van der Waals surface area (Å²) in [4.78, 5) is 4.45. The van der Waals surface area contributed by atoms with Gasteiger partial charge >= 0.3 is 6.18 Å². The molecule has 2 nitrogen and oxygen atoms in total. The minimum atomic E-state index is -4.25. The molecule has 0 aliphatic carbocycles. The molecule has 78 valence electrons. The van der Waals surface area contributed by atoms with E-state index in [4.69, 9.17) is 0 Å². The first-order valence-electron chi connectivity index (χ1n) is 4.43. The fourth-order valence-electron chi connectivity index (χ4n) is 1.73. The van der Waals surface area contributed by atoms with Gasteiger partial charge in [-0.3, -0.25) is 0 Å². The van der Waals surface area contributed by atoms with E-state index in [0.29, 0.717) is 13.0 Å². The summed E-state index contributed by atoms with van der Waals surface area (Å²) < 4.78 is 37.0. The van der Waals surface area contributed by atoms with Gasteiger partial charge < -0.3 is 9.88 Å². The number of nitrogens with zero attached hydrogens (tertiary/aromatic N) is 1. The lowest BCUT2D eigenvalue weighted by molar-refractivity contribution is -0.140. The summed E-state index contributed by atoms with van der Waals surface area (Å²) in [6, 6.07) is 1.21. The van der Waals surface area contributed by atoms with Crippen LogP contribution in [-0.2, 0) is 19.1 Å². The minimum absolute atomic E-state index is 0.599. The molecule has 1 N–H and O–H groups in total. The van der Waals surface area contributed by atoms with E-state index in [1.54, 1.807) is 0 Å². The molecule has 14 heavy (non-hydrogen) atoms. The van der Waals surface area contributed by atoms with E-state index in [2.05, 4.69) is 4.98 Å². The van der Waals surface area contributed by atoms with Crippen LogP contribution in [0.4, 0.5) is 13.2 Å². The Balaban J connectivity index is 2.32. The van der Waals surface area contributed by atoms with Gasteiger partial charge in [0.05, 0.1) is 0 Å². The summed E-state index contributed by atoms with van der Waals surface area (Å²) >= 11 is 0. The normalized spacial score (nSPS) is 18.3. The topological polar surface area (TPSA) is 19.0 Å². The van der Waals surface area contributed by atoms with Crippen molar-refractivity contribution in [3.63, 3.8) is 0 Å². The van der Waals surface area contributed by atoms with E-state index in [0.717, 1.165) is 17.8 Å². The van der Waals surface area contributed by atoms with E-state index in [9.17, 15) is 13.2 Å². The largest absolute Gasteiger partial charge is 0.431 e. The average molecular weight is 204 g/mol. The van der Waals surface area contributed by atoms with Crippen LogP contribution in [0.2, 0.25) is 0 Å². The molecular formula is C9H11F3N2. The van der Waals surface area contributed by atoms with E-state index >= 15 is 0 Å². The Labute approximate surface area is 79.7 Å². The number of H-pyrrole nitrogens is 1. The molecule has 0 spiro atoms. The van der Waals surface area contributed by atoms with Crippen LogP contribution in [0, 0.1) is 0 Å². The average Bonchev–Trinajstić information content (AvgIpc) is 2.45. The fraction of sp³-hybridized carbons (Fsp3) is 0.556. The number of hydrogen-bond acceptors (Lipinski definition) is 1. The first kappa shape index (κ1) is 9.58. The van der Waals surface area contributed by atoms with Gasteiger partial charge in [-0.05, 0) is 18.7 Å². The summed E-state index contributed by atoms with van der Waals surface area (Å²) in [6.07, 6.45) is -3.59. The van der Waals surface area contributed by atoms with Crippen molar-refractivity contribution < 1.29 is 13.2 Å². The molecule has 1 aliphatic heterocycles. The number of nitrogens with one attached hydrogen (secondary N) is 1. The van der Waals surface area contributed by atoms with Gasteiger partial charge in [-0.2, -0.15) is 13.2 Å². The van der Waals surface area contributed by atoms with Crippen molar-refractivity contribution in [3.05, 3.63) is 23.0 Å². The smallest absolute Gasteiger partial charge is 0.355 e. The summed E-state index contributed by atoms with van der Waals surface area (Å²) in [5.41, 5.74) is 0.874. The van der Waals surface area contributed by atoms with Crippen LogP contribution in [0.5, 0.6) is 0 Å². The number of aromatic nitrogens is 1. The zero-order valence-corrected chi connectivity index (χ0v) is 7.78. The number of fused-ring (bicyclic) bond motifs is 1. The van der Waals surface area contributed by atoms with Crippen molar-refractivity contribution in [2.24, 2.45) is 0 Å². The highest BCUT2D eigenvalue weighted by molar-refractivity contribution is 5.29. The third-order valence-corrected chi connectivity index (χ3v) is 2.48. The van der Waals surface area contributed by atoms with Crippen LogP contribution in [-0.4, -0.2) is 23.5 Å². The van der Waals surface area contributed by atoms with Gasteiger partial charge in [0.25, 0.3) is 0 Å². The standard InChI is InChI=1S/C9H11F3N2/c1-14-3-2-7-6(5-14)4-8(13-7)9(10,11)12/h4,13H,2-3,5H2,1H3. The minimum Gasteiger partial charge on any atom is -0.355 e.